The number of rotatable bonds is 1. The molecular formula is C7H10ClNO3S. The number of hydrogen-bond donors (Lipinski definition) is 0. The number of carbonyl (C=O) groups is 1. The Hall–Kier alpha value is -0.550. The van der Waals surface area contributed by atoms with Gasteiger partial charge in [-0.15, -0.1) is 0 Å². The first kappa shape index (κ1) is 10.5. The number of amides is 1. The molecular weight excluding hydrogens is 214 g/mol. The summed E-state index contributed by atoms with van der Waals surface area (Å²) in [6, 6.07) is 0. The molecule has 1 amide bonds. The molecule has 0 bridgehead atoms. The Morgan fingerprint density at radius 2 is 1.92 bits per heavy atom. The van der Waals surface area contributed by atoms with Crippen molar-refractivity contribution < 1.29 is 13.2 Å². The van der Waals surface area contributed by atoms with E-state index in [-0.39, 0.29) is 0 Å². The number of allylic oxidation sites excluding steroid dienone is 1. The van der Waals surface area contributed by atoms with E-state index >= 15 is 0 Å². The third-order valence-corrected chi connectivity index (χ3v) is 3.56. The molecule has 1 saturated heterocycles. The van der Waals surface area contributed by atoms with E-state index in [0.717, 1.165) is 0 Å². The Labute approximate surface area is 81.7 Å². The molecule has 0 atom stereocenters. The zero-order chi connectivity index (χ0) is 10.4. The van der Waals surface area contributed by atoms with Crippen LogP contribution in [-0.4, -0.2) is 24.2 Å². The third-order valence-electron chi connectivity index (χ3n) is 2.09. The second-order valence-electron chi connectivity index (χ2n) is 3.27. The van der Waals surface area contributed by atoms with Crippen molar-refractivity contribution in [1.29, 1.82) is 0 Å². The molecule has 1 rings (SSSR count). The normalized spacial score (nSPS) is 24.8. The molecule has 1 aliphatic heterocycles. The van der Waals surface area contributed by atoms with Gasteiger partial charge in [-0.25, -0.2) is 4.31 Å². The van der Waals surface area contributed by atoms with Crippen LogP contribution in [0.5, 0.6) is 0 Å². The summed E-state index contributed by atoms with van der Waals surface area (Å²) in [7, 11) is 1.14. The summed E-state index contributed by atoms with van der Waals surface area (Å²) in [6.45, 7) is 4.94. The van der Waals surface area contributed by atoms with Crippen molar-refractivity contribution in [3.8, 4) is 0 Å². The minimum Gasteiger partial charge on any atom is -0.268 e. The van der Waals surface area contributed by atoms with Crippen LogP contribution in [0.15, 0.2) is 11.6 Å². The molecule has 0 unspecified atom stereocenters. The van der Waals surface area contributed by atoms with Gasteiger partial charge in [0.25, 0.3) is 5.91 Å². The van der Waals surface area contributed by atoms with E-state index in [1.165, 1.54) is 0 Å². The van der Waals surface area contributed by atoms with E-state index in [0.29, 0.717) is 9.88 Å². The van der Waals surface area contributed by atoms with Crippen molar-refractivity contribution in [2.45, 2.75) is 26.3 Å². The smallest absolute Gasteiger partial charge is 0.268 e. The van der Waals surface area contributed by atoms with E-state index in [9.17, 15) is 13.2 Å². The highest BCUT2D eigenvalue weighted by molar-refractivity contribution is 8.12. The van der Waals surface area contributed by atoms with Crippen molar-refractivity contribution in [3.63, 3.8) is 0 Å². The Kier molecular flexibility index (Phi) is 2.20. The third kappa shape index (κ3) is 1.36. The lowest BCUT2D eigenvalue weighted by Gasteiger charge is -2.46. The zero-order valence-corrected chi connectivity index (χ0v) is 9.11. The summed E-state index contributed by atoms with van der Waals surface area (Å²) < 4.78 is 22.6. The molecule has 0 radical (unpaired) electrons. The van der Waals surface area contributed by atoms with Gasteiger partial charge in [0.2, 0.25) is 0 Å². The molecule has 0 aliphatic carbocycles. The first-order valence-electron chi connectivity index (χ1n) is 3.69. The summed E-state index contributed by atoms with van der Waals surface area (Å²) in [4.78, 5) is 11.2. The maximum atomic E-state index is 11.2. The molecule has 13 heavy (non-hydrogen) atoms. The summed E-state index contributed by atoms with van der Waals surface area (Å²) in [6.07, 6.45) is 1.60. The predicted molar refractivity (Wildman–Crippen MR) is 49.5 cm³/mol. The molecule has 0 spiro atoms. The molecule has 0 aromatic carbocycles. The SMILES string of the molecule is C/C=C1\C(=O)N(S(=O)(=O)Cl)C1(C)C. The summed E-state index contributed by atoms with van der Waals surface area (Å²) >= 11 is 0. The molecule has 1 fully saturated rings. The fourth-order valence-corrected chi connectivity index (χ4v) is 3.18. The molecule has 1 heterocycles. The second-order valence-corrected chi connectivity index (χ2v) is 5.63. The van der Waals surface area contributed by atoms with Gasteiger partial charge in [-0.2, -0.15) is 8.42 Å². The highest BCUT2D eigenvalue weighted by Gasteiger charge is 2.54. The first-order valence-corrected chi connectivity index (χ1v) is 5.95. The zero-order valence-electron chi connectivity index (χ0n) is 7.54. The molecule has 0 N–H and O–H groups in total. The van der Waals surface area contributed by atoms with E-state index in [1.54, 1.807) is 26.8 Å². The fourth-order valence-electron chi connectivity index (χ4n) is 1.53. The van der Waals surface area contributed by atoms with E-state index in [2.05, 4.69) is 0 Å². The van der Waals surface area contributed by atoms with Gasteiger partial charge in [-0.05, 0) is 20.8 Å². The monoisotopic (exact) mass is 223 g/mol. The predicted octanol–water partition coefficient (Wildman–Crippen LogP) is 1.04. The lowest BCUT2D eigenvalue weighted by atomic mass is 9.85. The summed E-state index contributed by atoms with van der Waals surface area (Å²) in [5, 5.41) is 0. The van der Waals surface area contributed by atoms with Crippen molar-refractivity contribution in [2.24, 2.45) is 0 Å². The lowest BCUT2D eigenvalue weighted by molar-refractivity contribution is -0.133. The molecule has 0 aromatic heterocycles. The van der Waals surface area contributed by atoms with Crippen LogP contribution in [0, 0.1) is 0 Å². The second kappa shape index (κ2) is 2.72. The van der Waals surface area contributed by atoms with Crippen LogP contribution in [0.4, 0.5) is 0 Å². The molecule has 6 heteroatoms. The first-order chi connectivity index (χ1) is 5.73. The Morgan fingerprint density at radius 3 is 2.15 bits per heavy atom. The van der Waals surface area contributed by atoms with E-state index < -0.39 is 20.7 Å². The minimum absolute atomic E-state index is 0.469. The molecule has 4 nitrogen and oxygen atoms in total. The van der Waals surface area contributed by atoms with Crippen molar-refractivity contribution in [3.05, 3.63) is 11.6 Å². The number of hydrogen-bond acceptors (Lipinski definition) is 3. The Morgan fingerprint density at radius 1 is 1.46 bits per heavy atom. The molecule has 74 valence electrons. The van der Waals surface area contributed by atoms with E-state index in [4.69, 9.17) is 10.7 Å². The molecule has 0 saturated carbocycles. The van der Waals surface area contributed by atoms with Crippen molar-refractivity contribution in [1.82, 2.24) is 4.31 Å². The topological polar surface area (TPSA) is 54.5 Å². The van der Waals surface area contributed by atoms with Crippen LogP contribution in [0.1, 0.15) is 20.8 Å². The summed E-state index contributed by atoms with van der Waals surface area (Å²) in [5.41, 5.74) is -0.344. The fraction of sp³-hybridized carbons (Fsp3) is 0.571. The minimum atomic E-state index is -3.95. The van der Waals surface area contributed by atoms with Gasteiger partial charge in [0.1, 0.15) is 0 Å². The Bertz CT molecular complexity index is 383. The van der Waals surface area contributed by atoms with Crippen molar-refractivity contribution in [2.75, 3.05) is 0 Å². The number of β-lactam (4-membered cyclic amide) rings is 1. The average Bonchev–Trinajstić information content (AvgIpc) is 1.82. The lowest BCUT2D eigenvalue weighted by Crippen LogP contribution is -2.63. The van der Waals surface area contributed by atoms with Gasteiger partial charge in [0.15, 0.2) is 0 Å². The van der Waals surface area contributed by atoms with Crippen LogP contribution in [0.25, 0.3) is 0 Å². The Balaban J connectivity index is 3.17. The van der Waals surface area contributed by atoms with E-state index in [1.807, 2.05) is 0 Å². The van der Waals surface area contributed by atoms with Gasteiger partial charge >= 0.3 is 9.24 Å². The molecule has 1 aliphatic rings. The highest BCUT2D eigenvalue weighted by atomic mass is 35.7. The summed E-state index contributed by atoms with van der Waals surface area (Å²) in [5.74, 6) is -0.539. The maximum Gasteiger partial charge on any atom is 0.324 e. The van der Waals surface area contributed by atoms with Gasteiger partial charge in [-0.3, -0.25) is 4.79 Å². The average molecular weight is 224 g/mol. The van der Waals surface area contributed by atoms with Crippen LogP contribution in [-0.2, 0) is 14.0 Å². The standard InChI is InChI=1S/C7H10ClNO3S/c1-4-5-6(10)9(7(5,2)3)13(8,11)12/h4H,1-3H3/b5-4+. The van der Waals surface area contributed by atoms with Crippen LogP contribution >= 0.6 is 10.7 Å². The quantitative estimate of drug-likeness (QED) is 0.379. The largest absolute Gasteiger partial charge is 0.324 e. The highest BCUT2D eigenvalue weighted by Crippen LogP contribution is 2.40. The van der Waals surface area contributed by atoms with Gasteiger partial charge in [-0.1, -0.05) is 6.08 Å². The molecule has 0 aromatic rings. The van der Waals surface area contributed by atoms with Gasteiger partial charge in [0, 0.05) is 16.3 Å². The van der Waals surface area contributed by atoms with Gasteiger partial charge < -0.3 is 0 Å². The maximum absolute atomic E-state index is 11.2. The number of nitrogens with zero attached hydrogens (tertiary/aromatic N) is 1. The van der Waals surface area contributed by atoms with Crippen LogP contribution < -0.4 is 0 Å². The number of carbonyl (C=O) groups excluding carboxylic acids is 1. The number of halogens is 1. The van der Waals surface area contributed by atoms with Crippen LogP contribution in [0.3, 0.4) is 0 Å². The van der Waals surface area contributed by atoms with Crippen LogP contribution in [0.2, 0.25) is 0 Å². The van der Waals surface area contributed by atoms with Gasteiger partial charge in [0.05, 0.1) is 5.54 Å². The van der Waals surface area contributed by atoms with Crippen molar-refractivity contribution >= 4 is 25.8 Å².